The normalized spacial score (nSPS) is 14.1. The minimum Gasteiger partial charge on any atom is -0.454 e. The van der Waals surface area contributed by atoms with Crippen LogP contribution in [0.4, 0.5) is 0 Å². The molecule has 2 N–H and O–H groups in total. The monoisotopic (exact) mass is 275 g/mol. The van der Waals surface area contributed by atoms with Crippen molar-refractivity contribution in [2.75, 3.05) is 6.79 Å². The van der Waals surface area contributed by atoms with E-state index in [2.05, 4.69) is 6.58 Å². The van der Waals surface area contributed by atoms with Crippen LogP contribution in [0, 0.1) is 0 Å². The molecule has 0 unspecified atom stereocenters. The maximum atomic E-state index is 6.14. The second-order valence-corrected chi connectivity index (χ2v) is 4.40. The third-order valence-electron chi connectivity index (χ3n) is 2.46. The summed E-state index contributed by atoms with van der Waals surface area (Å²) in [6.45, 7) is 6.03. The number of hydrogen-bond donors (Lipinski definition) is 1. The highest BCUT2D eigenvalue weighted by molar-refractivity contribution is 6.31. The summed E-state index contributed by atoms with van der Waals surface area (Å²) in [4.78, 5) is 0. The van der Waals surface area contributed by atoms with Gasteiger partial charge in [0.05, 0.1) is 0 Å². The van der Waals surface area contributed by atoms with Crippen LogP contribution in [-0.4, -0.2) is 6.79 Å². The molecular formula is C12H15Cl2NO2. The Morgan fingerprint density at radius 2 is 2.06 bits per heavy atom. The molecule has 0 saturated carbocycles. The van der Waals surface area contributed by atoms with E-state index in [1.165, 1.54) is 0 Å². The lowest BCUT2D eigenvalue weighted by Crippen LogP contribution is -2.11. The minimum atomic E-state index is -0.153. The van der Waals surface area contributed by atoms with Gasteiger partial charge < -0.3 is 15.2 Å². The molecule has 3 nitrogen and oxygen atoms in total. The van der Waals surface area contributed by atoms with E-state index in [0.29, 0.717) is 22.9 Å². The van der Waals surface area contributed by atoms with Gasteiger partial charge in [-0.05, 0) is 25.0 Å². The lowest BCUT2D eigenvalue weighted by Gasteiger charge is -2.14. The summed E-state index contributed by atoms with van der Waals surface area (Å²) >= 11 is 6.14. The molecule has 1 atom stereocenters. The Hall–Kier alpha value is -0.900. The van der Waals surface area contributed by atoms with Crippen molar-refractivity contribution in [1.82, 2.24) is 0 Å². The Morgan fingerprint density at radius 3 is 2.65 bits per heavy atom. The van der Waals surface area contributed by atoms with Gasteiger partial charge in [0.2, 0.25) is 6.79 Å². The molecule has 0 saturated heterocycles. The number of fused-ring (bicyclic) bond motifs is 1. The Balaban J connectivity index is 0.00000144. The van der Waals surface area contributed by atoms with E-state index in [-0.39, 0.29) is 25.2 Å². The molecule has 94 valence electrons. The molecule has 0 radical (unpaired) electrons. The van der Waals surface area contributed by atoms with Crippen LogP contribution in [0.1, 0.15) is 24.9 Å². The van der Waals surface area contributed by atoms with Crippen LogP contribution < -0.4 is 15.2 Å². The second-order valence-electron chi connectivity index (χ2n) is 3.99. The molecule has 2 rings (SSSR count). The highest BCUT2D eigenvalue weighted by Gasteiger charge is 2.19. The zero-order valence-electron chi connectivity index (χ0n) is 9.53. The average molecular weight is 276 g/mol. The lowest BCUT2D eigenvalue weighted by atomic mass is 10.0. The molecule has 1 heterocycles. The maximum absolute atomic E-state index is 6.14. The van der Waals surface area contributed by atoms with Crippen molar-refractivity contribution in [2.45, 2.75) is 19.4 Å². The fourth-order valence-corrected chi connectivity index (χ4v) is 2.00. The molecule has 1 aliphatic heterocycles. The van der Waals surface area contributed by atoms with Crippen LogP contribution in [0.15, 0.2) is 24.3 Å². The van der Waals surface area contributed by atoms with Gasteiger partial charge in [0.1, 0.15) is 0 Å². The first kappa shape index (κ1) is 14.2. The van der Waals surface area contributed by atoms with Crippen molar-refractivity contribution in [3.8, 4) is 11.5 Å². The lowest BCUT2D eigenvalue weighted by molar-refractivity contribution is 0.174. The Kier molecular flexibility index (Phi) is 4.69. The molecule has 0 amide bonds. The topological polar surface area (TPSA) is 44.5 Å². The van der Waals surface area contributed by atoms with Crippen LogP contribution in [0.2, 0.25) is 5.02 Å². The zero-order chi connectivity index (χ0) is 11.7. The maximum Gasteiger partial charge on any atom is 0.231 e. The molecule has 0 fully saturated rings. The van der Waals surface area contributed by atoms with Crippen molar-refractivity contribution < 1.29 is 9.47 Å². The fraction of sp³-hybridized carbons (Fsp3) is 0.333. The molecule has 0 spiro atoms. The second kappa shape index (κ2) is 5.63. The molecule has 17 heavy (non-hydrogen) atoms. The van der Waals surface area contributed by atoms with Crippen LogP contribution in [0.5, 0.6) is 11.5 Å². The largest absolute Gasteiger partial charge is 0.454 e. The number of ether oxygens (including phenoxy) is 2. The van der Waals surface area contributed by atoms with E-state index in [1.54, 1.807) is 6.07 Å². The van der Waals surface area contributed by atoms with Gasteiger partial charge in [-0.1, -0.05) is 17.2 Å². The van der Waals surface area contributed by atoms with E-state index in [4.69, 9.17) is 26.8 Å². The standard InChI is InChI=1S/C12H14ClNO2.ClH/c1-7(2)3-10(14)8-4-11-12(5-9(8)13)16-6-15-11;/h4-5,10H,1,3,6,14H2,2H3;1H/t10-;/m0./s1. The summed E-state index contributed by atoms with van der Waals surface area (Å²) in [5.74, 6) is 1.38. The van der Waals surface area contributed by atoms with E-state index in [9.17, 15) is 0 Å². The molecule has 0 bridgehead atoms. The molecule has 1 aromatic carbocycles. The van der Waals surface area contributed by atoms with Crippen LogP contribution in [0.25, 0.3) is 0 Å². The summed E-state index contributed by atoms with van der Waals surface area (Å²) < 4.78 is 10.5. The summed E-state index contributed by atoms with van der Waals surface area (Å²) in [5.41, 5.74) is 7.95. The van der Waals surface area contributed by atoms with Crippen molar-refractivity contribution in [3.63, 3.8) is 0 Å². The summed E-state index contributed by atoms with van der Waals surface area (Å²) in [6, 6.07) is 3.44. The van der Waals surface area contributed by atoms with Gasteiger partial charge in [0.25, 0.3) is 0 Å². The Labute approximate surface area is 112 Å². The number of halogens is 2. The molecule has 1 aromatic rings. The quantitative estimate of drug-likeness (QED) is 0.860. The summed E-state index contributed by atoms with van der Waals surface area (Å²) in [6.07, 6.45) is 0.708. The van der Waals surface area contributed by atoms with Gasteiger partial charge in [-0.25, -0.2) is 0 Å². The number of hydrogen-bond acceptors (Lipinski definition) is 3. The molecule has 0 aliphatic carbocycles. The molecule has 1 aliphatic rings. The van der Waals surface area contributed by atoms with E-state index in [0.717, 1.165) is 11.1 Å². The highest BCUT2D eigenvalue weighted by atomic mass is 35.5. The van der Waals surface area contributed by atoms with Gasteiger partial charge in [-0.2, -0.15) is 0 Å². The minimum absolute atomic E-state index is 0. The van der Waals surface area contributed by atoms with Crippen molar-refractivity contribution in [3.05, 3.63) is 34.9 Å². The van der Waals surface area contributed by atoms with Crippen LogP contribution in [0.3, 0.4) is 0 Å². The Bertz CT molecular complexity index is 435. The number of benzene rings is 1. The molecule has 5 heteroatoms. The van der Waals surface area contributed by atoms with Gasteiger partial charge >= 0.3 is 0 Å². The third kappa shape index (κ3) is 3.06. The molecule has 0 aromatic heterocycles. The summed E-state index contributed by atoms with van der Waals surface area (Å²) in [7, 11) is 0. The predicted octanol–water partition coefficient (Wildman–Crippen LogP) is 3.46. The van der Waals surface area contributed by atoms with Gasteiger partial charge in [0.15, 0.2) is 11.5 Å². The van der Waals surface area contributed by atoms with E-state index in [1.807, 2.05) is 13.0 Å². The van der Waals surface area contributed by atoms with Gasteiger partial charge in [0, 0.05) is 17.1 Å². The first-order valence-electron chi connectivity index (χ1n) is 5.07. The van der Waals surface area contributed by atoms with E-state index >= 15 is 0 Å². The number of nitrogens with two attached hydrogens (primary N) is 1. The number of rotatable bonds is 3. The first-order valence-corrected chi connectivity index (χ1v) is 5.44. The highest BCUT2D eigenvalue weighted by Crippen LogP contribution is 2.39. The van der Waals surface area contributed by atoms with Crippen LogP contribution >= 0.6 is 24.0 Å². The molecular weight excluding hydrogens is 261 g/mol. The van der Waals surface area contributed by atoms with Crippen molar-refractivity contribution >= 4 is 24.0 Å². The average Bonchev–Trinajstić information content (AvgIpc) is 2.61. The summed E-state index contributed by atoms with van der Waals surface area (Å²) in [5, 5.41) is 0.609. The van der Waals surface area contributed by atoms with Gasteiger partial charge in [-0.15, -0.1) is 19.0 Å². The van der Waals surface area contributed by atoms with Crippen LogP contribution in [-0.2, 0) is 0 Å². The van der Waals surface area contributed by atoms with Crippen molar-refractivity contribution in [2.24, 2.45) is 5.73 Å². The zero-order valence-corrected chi connectivity index (χ0v) is 11.1. The fourth-order valence-electron chi connectivity index (χ4n) is 1.70. The SMILES string of the molecule is C=C(C)C[C@H](N)c1cc2c(cc1Cl)OCO2.Cl. The third-order valence-corrected chi connectivity index (χ3v) is 2.79. The smallest absolute Gasteiger partial charge is 0.231 e. The van der Waals surface area contributed by atoms with Gasteiger partial charge in [-0.3, -0.25) is 0 Å². The van der Waals surface area contributed by atoms with E-state index < -0.39 is 0 Å². The van der Waals surface area contributed by atoms with Crippen molar-refractivity contribution in [1.29, 1.82) is 0 Å². The first-order chi connectivity index (χ1) is 7.58. The Morgan fingerprint density at radius 1 is 1.47 bits per heavy atom. The predicted molar refractivity (Wildman–Crippen MR) is 71.2 cm³/mol.